The molecule has 0 amide bonds. The molecule has 5 aromatic rings. The highest BCUT2D eigenvalue weighted by Gasteiger charge is 2.19. The number of benzene rings is 5. The van der Waals surface area contributed by atoms with Gasteiger partial charge in [-0.05, 0) is 112 Å². The first-order chi connectivity index (χ1) is 25.6. The summed E-state index contributed by atoms with van der Waals surface area (Å²) in [5, 5.41) is 9.84. The first-order valence-corrected chi connectivity index (χ1v) is 19.4. The molecule has 12 heteroatoms. The van der Waals surface area contributed by atoms with Gasteiger partial charge in [0.2, 0.25) is 0 Å². The van der Waals surface area contributed by atoms with Gasteiger partial charge < -0.3 is 24.4 Å². The average Bonchev–Trinajstić information content (AvgIpc) is 3.39. The smallest absolute Gasteiger partial charge is 0.335 e. The molecule has 0 aromatic heterocycles. The molecule has 1 N–H and O–H groups in total. The number of halogens is 4. The molecule has 0 radical (unpaired) electrons. The molecule has 0 aliphatic carbocycles. The third-order valence-corrected chi connectivity index (χ3v) is 10.7. The van der Waals surface area contributed by atoms with E-state index in [4.69, 9.17) is 37.8 Å². The number of likely N-dealkylation sites (N-methyl/N-ethyl adjacent to an activating group) is 2. The summed E-state index contributed by atoms with van der Waals surface area (Å²) in [6.07, 6.45) is 4.22. The SMILES string of the molecule is CN(C)CCOC1=Cc2ccccc2Sc2ccc(Cl)cc21.CN(C)CCOC1=Cc2ccccc2Sc2ccc(Cl)cc21.Cl.Cl.O=C(O)c1ccccc1. The maximum absolute atomic E-state index is 10.2. The second-order valence-electron chi connectivity index (χ2n) is 12.6. The molecule has 290 valence electrons. The summed E-state index contributed by atoms with van der Waals surface area (Å²) >= 11 is 15.9. The van der Waals surface area contributed by atoms with Crippen LogP contribution in [0.25, 0.3) is 23.7 Å². The van der Waals surface area contributed by atoms with Gasteiger partial charge in [0.1, 0.15) is 24.7 Å². The van der Waals surface area contributed by atoms with Crippen molar-refractivity contribution in [2.24, 2.45) is 0 Å². The van der Waals surface area contributed by atoms with E-state index in [9.17, 15) is 4.79 Å². The largest absolute Gasteiger partial charge is 0.492 e. The molecule has 2 heterocycles. The maximum Gasteiger partial charge on any atom is 0.335 e. The summed E-state index contributed by atoms with van der Waals surface area (Å²) in [6.45, 7) is 3.05. The summed E-state index contributed by atoms with van der Waals surface area (Å²) in [7, 11) is 8.17. The Kier molecular flexibility index (Phi) is 19.0. The van der Waals surface area contributed by atoms with Crippen LogP contribution in [-0.4, -0.2) is 75.4 Å². The predicted molar refractivity (Wildman–Crippen MR) is 237 cm³/mol. The van der Waals surface area contributed by atoms with Crippen molar-refractivity contribution < 1.29 is 19.4 Å². The normalized spacial score (nSPS) is 12.0. The van der Waals surface area contributed by atoms with Crippen LogP contribution in [0.2, 0.25) is 10.0 Å². The third-order valence-electron chi connectivity index (χ3n) is 7.88. The number of hydrogen-bond donors (Lipinski definition) is 1. The Morgan fingerprint density at radius 3 is 1.36 bits per heavy atom. The number of ether oxygens (including phenoxy) is 2. The van der Waals surface area contributed by atoms with Crippen LogP contribution < -0.4 is 0 Å². The van der Waals surface area contributed by atoms with Crippen molar-refractivity contribution in [3.63, 3.8) is 0 Å². The Morgan fingerprint density at radius 1 is 0.582 bits per heavy atom. The predicted octanol–water partition coefficient (Wildman–Crippen LogP) is 12.0. The van der Waals surface area contributed by atoms with Crippen molar-refractivity contribution in [2.45, 2.75) is 19.6 Å². The lowest BCUT2D eigenvalue weighted by molar-refractivity contribution is 0.0697. The second kappa shape index (κ2) is 22.9. The molecule has 2 aliphatic heterocycles. The first-order valence-electron chi connectivity index (χ1n) is 17.0. The van der Waals surface area contributed by atoms with Crippen LogP contribution in [0, 0.1) is 0 Å². The van der Waals surface area contributed by atoms with Gasteiger partial charge in [0.05, 0.1) is 5.56 Å². The van der Waals surface area contributed by atoms with Crippen LogP contribution in [0.4, 0.5) is 0 Å². The van der Waals surface area contributed by atoms with Crippen LogP contribution >= 0.6 is 71.5 Å². The highest BCUT2D eigenvalue weighted by molar-refractivity contribution is 7.99. The number of fused-ring (bicyclic) bond motifs is 4. The molecular formula is C43H44Cl4N2O4S2. The number of aromatic carboxylic acids is 1. The van der Waals surface area contributed by atoms with Crippen molar-refractivity contribution >= 4 is 101 Å². The van der Waals surface area contributed by atoms with Crippen molar-refractivity contribution in [2.75, 3.05) is 54.5 Å². The third kappa shape index (κ3) is 13.8. The number of carboxylic acids is 1. The van der Waals surface area contributed by atoms with Gasteiger partial charge in [-0.1, -0.05) is 101 Å². The number of hydrogen-bond acceptors (Lipinski definition) is 7. The summed E-state index contributed by atoms with van der Waals surface area (Å²) in [4.78, 5) is 19.2. The second-order valence-corrected chi connectivity index (χ2v) is 15.6. The topological polar surface area (TPSA) is 62.2 Å². The Hall–Kier alpha value is -3.57. The van der Waals surface area contributed by atoms with Gasteiger partial charge in [-0.15, -0.1) is 24.8 Å². The van der Waals surface area contributed by atoms with Crippen molar-refractivity contribution in [1.29, 1.82) is 0 Å². The van der Waals surface area contributed by atoms with Crippen molar-refractivity contribution in [1.82, 2.24) is 9.80 Å². The molecule has 0 atom stereocenters. The monoisotopic (exact) mass is 856 g/mol. The molecule has 5 aromatic carbocycles. The maximum atomic E-state index is 10.2. The fourth-order valence-corrected chi connectivity index (χ4v) is 7.54. The van der Waals surface area contributed by atoms with E-state index in [0.29, 0.717) is 18.8 Å². The first kappa shape index (κ1) is 45.8. The molecule has 6 nitrogen and oxygen atoms in total. The van der Waals surface area contributed by atoms with Gasteiger partial charge in [-0.2, -0.15) is 0 Å². The van der Waals surface area contributed by atoms with E-state index in [2.05, 4.69) is 82.6 Å². The number of carbonyl (C=O) groups is 1. The minimum absolute atomic E-state index is 0. The highest BCUT2D eigenvalue weighted by atomic mass is 35.5. The Labute approximate surface area is 355 Å². The fourth-order valence-electron chi connectivity index (χ4n) is 5.12. The molecule has 0 spiro atoms. The lowest BCUT2D eigenvalue weighted by Gasteiger charge is -2.15. The van der Waals surface area contributed by atoms with E-state index in [1.807, 2.05) is 52.5 Å². The van der Waals surface area contributed by atoms with Crippen molar-refractivity contribution in [3.8, 4) is 0 Å². The van der Waals surface area contributed by atoms with E-state index >= 15 is 0 Å². The zero-order chi connectivity index (χ0) is 37.7. The van der Waals surface area contributed by atoms with Gasteiger partial charge in [0.25, 0.3) is 0 Å². The number of carboxylic acid groups (broad SMARTS) is 1. The lowest BCUT2D eigenvalue weighted by atomic mass is 10.1. The molecule has 0 saturated heterocycles. The summed E-state index contributed by atoms with van der Waals surface area (Å²) in [5.41, 5.74) is 4.82. The Morgan fingerprint density at radius 2 is 0.982 bits per heavy atom. The number of nitrogens with zero attached hydrogens (tertiary/aromatic N) is 2. The molecule has 0 fully saturated rings. The van der Waals surface area contributed by atoms with Gasteiger partial charge in [0.15, 0.2) is 0 Å². The Balaban J connectivity index is 0.000000235. The molecule has 2 aliphatic rings. The molecule has 0 unspecified atom stereocenters. The van der Waals surface area contributed by atoms with Crippen LogP contribution in [0.3, 0.4) is 0 Å². The van der Waals surface area contributed by atoms with Crippen LogP contribution in [-0.2, 0) is 9.47 Å². The summed E-state index contributed by atoms with van der Waals surface area (Å²) in [6, 6.07) is 37.0. The summed E-state index contributed by atoms with van der Waals surface area (Å²) in [5.74, 6) is 0.893. The van der Waals surface area contributed by atoms with E-state index in [1.54, 1.807) is 53.9 Å². The zero-order valence-electron chi connectivity index (χ0n) is 30.9. The minimum Gasteiger partial charge on any atom is -0.492 e. The van der Waals surface area contributed by atoms with Gasteiger partial charge in [0, 0.05) is 53.8 Å². The minimum atomic E-state index is -0.879. The van der Waals surface area contributed by atoms with Crippen LogP contribution in [0.5, 0.6) is 0 Å². The van der Waals surface area contributed by atoms with Gasteiger partial charge >= 0.3 is 5.97 Å². The standard InChI is InChI=1S/2C18H18ClNOS.C7H6O2.2ClH/c2*1-20(2)9-10-21-16-11-13-5-3-4-6-17(13)22-18-8-7-14(19)12-15(16)18;8-7(9)6-4-2-1-3-5-6;;/h2*3-8,11-12H,9-10H2,1-2H3;1-5H,(H,8,9);2*1H. The molecule has 55 heavy (non-hydrogen) atoms. The quantitative estimate of drug-likeness (QED) is 0.157. The van der Waals surface area contributed by atoms with E-state index in [1.165, 1.54) is 30.7 Å². The number of rotatable bonds is 9. The zero-order valence-corrected chi connectivity index (χ0v) is 35.7. The molecule has 0 bridgehead atoms. The van der Waals surface area contributed by atoms with E-state index in [0.717, 1.165) is 45.8 Å². The lowest BCUT2D eigenvalue weighted by Crippen LogP contribution is -2.17. The van der Waals surface area contributed by atoms with Gasteiger partial charge in [-0.25, -0.2) is 4.79 Å². The molecular weight excluding hydrogens is 814 g/mol. The molecule has 0 saturated carbocycles. The van der Waals surface area contributed by atoms with E-state index in [-0.39, 0.29) is 24.8 Å². The fraction of sp³-hybridized carbons (Fsp3) is 0.186. The van der Waals surface area contributed by atoms with E-state index < -0.39 is 5.97 Å². The Bertz CT molecular complexity index is 1950. The van der Waals surface area contributed by atoms with Crippen molar-refractivity contribution in [3.05, 3.63) is 153 Å². The van der Waals surface area contributed by atoms with Crippen LogP contribution in [0.15, 0.2) is 135 Å². The average molecular weight is 859 g/mol. The summed E-state index contributed by atoms with van der Waals surface area (Å²) < 4.78 is 12.1. The van der Waals surface area contributed by atoms with Crippen LogP contribution in [0.1, 0.15) is 32.6 Å². The van der Waals surface area contributed by atoms with Gasteiger partial charge in [-0.3, -0.25) is 0 Å². The highest BCUT2D eigenvalue weighted by Crippen LogP contribution is 2.43. The molecule has 7 rings (SSSR count).